The Balaban J connectivity index is 1.43. The first-order valence-corrected chi connectivity index (χ1v) is 11.5. The molecule has 196 valence electrons. The first kappa shape index (κ1) is 25.0. The van der Waals surface area contributed by atoms with Gasteiger partial charge in [0.15, 0.2) is 17.1 Å². The van der Waals surface area contributed by atoms with E-state index in [-0.39, 0.29) is 37.7 Å². The number of nitrogens with zero attached hydrogens (tertiary/aromatic N) is 7. The van der Waals surface area contributed by atoms with E-state index in [2.05, 4.69) is 25.7 Å². The number of hydrogen-bond acceptors (Lipinski definition) is 8. The number of ether oxygens (including phenoxy) is 2. The van der Waals surface area contributed by atoms with Crippen LogP contribution in [-0.4, -0.2) is 78.3 Å². The van der Waals surface area contributed by atoms with Crippen molar-refractivity contribution in [3.8, 4) is 5.75 Å². The number of hydrogen-bond donors (Lipinski definition) is 1. The highest BCUT2D eigenvalue weighted by molar-refractivity contribution is 6.34. The van der Waals surface area contributed by atoms with Crippen molar-refractivity contribution in [3.05, 3.63) is 52.3 Å². The van der Waals surface area contributed by atoms with Crippen LogP contribution in [0, 0.1) is 0 Å². The van der Waals surface area contributed by atoms with Crippen molar-refractivity contribution in [2.45, 2.75) is 31.5 Å². The van der Waals surface area contributed by atoms with E-state index in [0.29, 0.717) is 12.2 Å². The lowest BCUT2D eigenvalue weighted by atomic mass is 10.2. The summed E-state index contributed by atoms with van der Waals surface area (Å²) < 4.78 is 53.8. The molecule has 16 heteroatoms. The molecule has 12 nitrogen and oxygen atoms in total. The van der Waals surface area contributed by atoms with E-state index < -0.39 is 46.5 Å². The van der Waals surface area contributed by atoms with E-state index in [9.17, 15) is 22.8 Å². The molecule has 2 aliphatic heterocycles. The van der Waals surface area contributed by atoms with Crippen molar-refractivity contribution in [2.24, 2.45) is 7.05 Å². The number of alkyl halides is 3. The summed E-state index contributed by atoms with van der Waals surface area (Å²) in [6.45, 7) is 0.498. The van der Waals surface area contributed by atoms with Crippen LogP contribution < -0.4 is 10.1 Å². The summed E-state index contributed by atoms with van der Waals surface area (Å²) in [5.41, 5.74) is -1.23. The number of carbonyl (C=O) groups excluding carboxylic acids is 2. The Bertz CT molecular complexity index is 1340. The van der Waals surface area contributed by atoms with E-state index in [1.165, 1.54) is 18.1 Å². The fourth-order valence-electron chi connectivity index (χ4n) is 4.18. The third kappa shape index (κ3) is 4.96. The molecule has 5 heterocycles. The lowest BCUT2D eigenvalue weighted by molar-refractivity contribution is -0.141. The Hall–Kier alpha value is -3.72. The van der Waals surface area contributed by atoms with Gasteiger partial charge in [-0.15, -0.1) is 5.10 Å². The highest BCUT2D eigenvalue weighted by atomic mass is 35.5. The van der Waals surface area contributed by atoms with Gasteiger partial charge in [-0.1, -0.05) is 16.8 Å². The zero-order valence-electron chi connectivity index (χ0n) is 19.3. The third-order valence-corrected chi connectivity index (χ3v) is 6.28. The van der Waals surface area contributed by atoms with Crippen molar-refractivity contribution < 1.29 is 32.2 Å². The van der Waals surface area contributed by atoms with Gasteiger partial charge < -0.3 is 19.7 Å². The molecular formula is C21H20ClF3N8O4. The number of fused-ring (bicyclic) bond motifs is 4. The Kier molecular flexibility index (Phi) is 6.49. The molecule has 1 saturated heterocycles. The fourth-order valence-corrected chi connectivity index (χ4v) is 4.53. The molecule has 0 radical (unpaired) electrons. The average Bonchev–Trinajstić information content (AvgIpc) is 3.54. The molecule has 0 aliphatic carbocycles. The molecular weight excluding hydrogens is 521 g/mol. The van der Waals surface area contributed by atoms with Gasteiger partial charge in [0.2, 0.25) is 0 Å². The molecule has 2 amide bonds. The van der Waals surface area contributed by atoms with Crippen LogP contribution in [0.2, 0.25) is 5.02 Å². The summed E-state index contributed by atoms with van der Waals surface area (Å²) >= 11 is 5.92. The molecule has 0 aromatic carbocycles. The highest BCUT2D eigenvalue weighted by Crippen LogP contribution is 2.36. The Morgan fingerprint density at radius 3 is 2.86 bits per heavy atom. The molecule has 0 unspecified atom stereocenters. The molecule has 1 N–H and O–H groups in total. The number of halogens is 4. The van der Waals surface area contributed by atoms with Crippen LogP contribution in [0.3, 0.4) is 0 Å². The maximum absolute atomic E-state index is 13.3. The summed E-state index contributed by atoms with van der Waals surface area (Å²) in [5, 5.41) is 13.5. The first-order chi connectivity index (χ1) is 17.6. The van der Waals surface area contributed by atoms with E-state index in [4.69, 9.17) is 21.1 Å². The molecule has 37 heavy (non-hydrogen) atoms. The van der Waals surface area contributed by atoms with Gasteiger partial charge in [-0.2, -0.15) is 18.3 Å². The average molecular weight is 541 g/mol. The van der Waals surface area contributed by atoms with Crippen molar-refractivity contribution in [2.75, 3.05) is 19.7 Å². The number of nitrogens with one attached hydrogen (secondary N) is 1. The minimum absolute atomic E-state index is 0.0272. The molecule has 5 rings (SSSR count). The normalized spacial score (nSPS) is 20.5. The van der Waals surface area contributed by atoms with Gasteiger partial charge >= 0.3 is 6.18 Å². The molecule has 2 bridgehead atoms. The summed E-state index contributed by atoms with van der Waals surface area (Å²) in [4.78, 5) is 31.7. The third-order valence-electron chi connectivity index (χ3n) is 5.93. The quantitative estimate of drug-likeness (QED) is 0.489. The van der Waals surface area contributed by atoms with Gasteiger partial charge in [0, 0.05) is 26.3 Å². The van der Waals surface area contributed by atoms with Crippen molar-refractivity contribution >= 4 is 23.4 Å². The Morgan fingerprint density at radius 1 is 1.30 bits per heavy atom. The van der Waals surface area contributed by atoms with Gasteiger partial charge in [0.25, 0.3) is 11.8 Å². The zero-order chi connectivity index (χ0) is 26.3. The van der Waals surface area contributed by atoms with Gasteiger partial charge in [0.05, 0.1) is 31.5 Å². The van der Waals surface area contributed by atoms with Crippen molar-refractivity contribution in [3.63, 3.8) is 0 Å². The fraction of sp³-hybridized carbons (Fsp3) is 0.429. The Labute approximate surface area is 212 Å². The molecule has 2 aliphatic rings. The van der Waals surface area contributed by atoms with Crippen molar-refractivity contribution in [1.29, 1.82) is 0 Å². The lowest BCUT2D eigenvalue weighted by Crippen LogP contribution is -2.44. The second kappa shape index (κ2) is 9.63. The minimum Gasteiger partial charge on any atom is -0.489 e. The van der Waals surface area contributed by atoms with E-state index in [1.54, 1.807) is 23.0 Å². The van der Waals surface area contributed by atoms with Crippen LogP contribution in [-0.2, 0) is 31.1 Å². The number of rotatable bonds is 1. The predicted molar refractivity (Wildman–Crippen MR) is 119 cm³/mol. The van der Waals surface area contributed by atoms with E-state index in [1.807, 2.05) is 0 Å². The summed E-state index contributed by atoms with van der Waals surface area (Å²) in [7, 11) is 1.20. The van der Waals surface area contributed by atoms with Crippen LogP contribution in [0.15, 0.2) is 24.5 Å². The number of carbonyl (C=O) groups is 2. The van der Waals surface area contributed by atoms with Crippen LogP contribution in [0.4, 0.5) is 13.2 Å². The molecule has 3 aromatic heterocycles. The molecule has 1 fully saturated rings. The maximum Gasteiger partial charge on any atom is 0.436 e. The lowest BCUT2D eigenvalue weighted by Gasteiger charge is -2.20. The van der Waals surface area contributed by atoms with Crippen molar-refractivity contribution in [1.82, 2.24) is 40.0 Å². The summed E-state index contributed by atoms with van der Waals surface area (Å²) in [6.07, 6.45) is -2.43. The summed E-state index contributed by atoms with van der Waals surface area (Å²) in [6, 6.07) is 2.50. The number of aryl methyl sites for hydroxylation is 1. The highest BCUT2D eigenvalue weighted by Gasteiger charge is 2.43. The molecule has 2 atom stereocenters. The van der Waals surface area contributed by atoms with Gasteiger partial charge in [0.1, 0.15) is 23.0 Å². The van der Waals surface area contributed by atoms with Crippen LogP contribution in [0.1, 0.15) is 32.4 Å². The second-order valence-corrected chi connectivity index (χ2v) is 8.82. The minimum atomic E-state index is -4.83. The monoisotopic (exact) mass is 540 g/mol. The van der Waals surface area contributed by atoms with Crippen LogP contribution >= 0.6 is 11.6 Å². The molecule has 0 spiro atoms. The smallest absolute Gasteiger partial charge is 0.436 e. The largest absolute Gasteiger partial charge is 0.489 e. The molecule has 3 aromatic rings. The van der Waals surface area contributed by atoms with Gasteiger partial charge in [-0.25, -0.2) is 9.67 Å². The SMILES string of the molecule is Cn1nc(C(F)(F)F)c(Cl)c1C(=O)N1C[C@@H]2NC(=O)c3ncccc3OCCn3cc(nn3)CO[C@H]2C1. The van der Waals surface area contributed by atoms with Crippen LogP contribution in [0.25, 0.3) is 0 Å². The number of aromatic nitrogens is 6. The maximum atomic E-state index is 13.3. The predicted octanol–water partition coefficient (Wildman–Crippen LogP) is 1.31. The standard InChI is InChI=1S/C21H20ClF3N8O4/c1-31-17(15(22)18(29-31)21(23,24)25)20(35)32-8-12-14(9-32)37-10-11-7-33(30-28-11)5-6-36-13-3-2-4-26-16(13)19(34)27-12/h2-4,7,12,14H,5-6,8-10H2,1H3,(H,27,34)/t12-,14-/m0/s1. The first-order valence-electron chi connectivity index (χ1n) is 11.1. The number of likely N-dealkylation sites (tertiary alicyclic amines) is 1. The Morgan fingerprint density at radius 2 is 2.11 bits per heavy atom. The van der Waals surface area contributed by atoms with Crippen LogP contribution in [0.5, 0.6) is 5.75 Å². The number of pyridine rings is 1. The summed E-state index contributed by atoms with van der Waals surface area (Å²) in [5.74, 6) is -1.09. The van der Waals surface area contributed by atoms with E-state index in [0.717, 1.165) is 4.68 Å². The molecule has 0 saturated carbocycles. The number of amides is 2. The second-order valence-electron chi connectivity index (χ2n) is 8.44. The van der Waals surface area contributed by atoms with Gasteiger partial charge in [-0.3, -0.25) is 14.3 Å². The van der Waals surface area contributed by atoms with E-state index >= 15 is 0 Å². The topological polar surface area (TPSA) is 129 Å². The zero-order valence-corrected chi connectivity index (χ0v) is 20.0. The van der Waals surface area contributed by atoms with Gasteiger partial charge in [-0.05, 0) is 12.1 Å².